The second kappa shape index (κ2) is 6.96. The van der Waals surface area contributed by atoms with E-state index in [2.05, 4.69) is 9.55 Å². The molecule has 3 rings (SSSR count). The number of carbonyl (C=O) groups is 1. The van der Waals surface area contributed by atoms with Gasteiger partial charge in [-0.1, -0.05) is 12.1 Å². The normalized spacial score (nSPS) is 21.1. The Morgan fingerprint density at radius 1 is 1.22 bits per heavy atom. The van der Waals surface area contributed by atoms with Gasteiger partial charge in [0, 0.05) is 31.1 Å². The summed E-state index contributed by atoms with van der Waals surface area (Å²) in [7, 11) is 3.18. The molecule has 122 valence electrons. The molecule has 1 heterocycles. The minimum Gasteiger partial charge on any atom is -0.465 e. The summed E-state index contributed by atoms with van der Waals surface area (Å²) >= 11 is 0. The van der Waals surface area contributed by atoms with Crippen LogP contribution in [0.3, 0.4) is 0 Å². The average Bonchev–Trinajstić information content (AvgIpc) is 3.11. The lowest BCUT2D eigenvalue weighted by Crippen LogP contribution is -2.22. The van der Waals surface area contributed by atoms with Crippen LogP contribution in [0, 0.1) is 0 Å². The molecule has 0 bridgehead atoms. The third-order valence-electron chi connectivity index (χ3n) is 4.58. The van der Waals surface area contributed by atoms with Crippen LogP contribution < -0.4 is 0 Å². The van der Waals surface area contributed by atoms with Crippen molar-refractivity contribution in [2.24, 2.45) is 0 Å². The largest absolute Gasteiger partial charge is 0.465 e. The van der Waals surface area contributed by atoms with Gasteiger partial charge >= 0.3 is 5.97 Å². The fourth-order valence-electron chi connectivity index (χ4n) is 3.29. The summed E-state index contributed by atoms with van der Waals surface area (Å²) in [4.78, 5) is 16.2. The number of methoxy groups -OCH3 is 2. The smallest absolute Gasteiger partial charge is 0.337 e. The molecule has 0 N–H and O–H groups in total. The Balaban J connectivity index is 1.85. The molecule has 1 fully saturated rings. The molecule has 1 saturated carbocycles. The molecule has 5 heteroatoms. The van der Waals surface area contributed by atoms with Gasteiger partial charge in [-0.3, -0.25) is 0 Å². The maximum Gasteiger partial charge on any atom is 0.337 e. The molecule has 0 spiro atoms. The van der Waals surface area contributed by atoms with E-state index in [9.17, 15) is 4.79 Å². The summed E-state index contributed by atoms with van der Waals surface area (Å²) in [6.07, 6.45) is 8.53. The van der Waals surface area contributed by atoms with Gasteiger partial charge in [-0.2, -0.15) is 0 Å². The third kappa shape index (κ3) is 3.29. The van der Waals surface area contributed by atoms with Gasteiger partial charge in [0.25, 0.3) is 0 Å². The molecule has 1 aliphatic rings. The van der Waals surface area contributed by atoms with Crippen molar-refractivity contribution in [3.8, 4) is 11.4 Å². The van der Waals surface area contributed by atoms with E-state index < -0.39 is 0 Å². The average molecular weight is 314 g/mol. The first kappa shape index (κ1) is 15.7. The summed E-state index contributed by atoms with van der Waals surface area (Å²) in [5.41, 5.74) is 1.48. The Hall–Kier alpha value is -2.14. The van der Waals surface area contributed by atoms with Gasteiger partial charge < -0.3 is 14.0 Å². The number of esters is 1. The second-order valence-corrected chi connectivity index (χ2v) is 5.90. The Kier molecular flexibility index (Phi) is 4.76. The Labute approximate surface area is 136 Å². The SMILES string of the molecule is COC(=O)c1cccc(-c2nccn2C2CCC(OC)CC2)c1. The molecular formula is C18H22N2O3. The molecule has 0 saturated heterocycles. The number of aromatic nitrogens is 2. The topological polar surface area (TPSA) is 53.3 Å². The summed E-state index contributed by atoms with van der Waals surface area (Å²) in [6.45, 7) is 0. The van der Waals surface area contributed by atoms with Crippen molar-refractivity contribution in [1.82, 2.24) is 9.55 Å². The van der Waals surface area contributed by atoms with Crippen molar-refractivity contribution in [3.05, 3.63) is 42.2 Å². The van der Waals surface area contributed by atoms with Gasteiger partial charge in [-0.25, -0.2) is 9.78 Å². The third-order valence-corrected chi connectivity index (χ3v) is 4.58. The number of ether oxygens (including phenoxy) is 2. The lowest BCUT2D eigenvalue weighted by Gasteiger charge is -2.29. The summed E-state index contributed by atoms with van der Waals surface area (Å²) < 4.78 is 12.5. The highest BCUT2D eigenvalue weighted by Gasteiger charge is 2.24. The summed E-state index contributed by atoms with van der Waals surface area (Å²) in [5.74, 6) is 0.571. The van der Waals surface area contributed by atoms with Crippen molar-refractivity contribution < 1.29 is 14.3 Å². The quantitative estimate of drug-likeness (QED) is 0.811. The zero-order valence-electron chi connectivity index (χ0n) is 13.6. The van der Waals surface area contributed by atoms with Crippen LogP contribution in [0.25, 0.3) is 11.4 Å². The monoisotopic (exact) mass is 314 g/mol. The standard InChI is InChI=1S/C18H22N2O3/c1-22-16-8-6-15(7-9-16)20-11-10-19-17(20)13-4-3-5-14(12-13)18(21)23-2/h3-5,10-12,15-16H,6-9H2,1-2H3. The minimum absolute atomic E-state index is 0.328. The summed E-state index contributed by atoms with van der Waals surface area (Å²) in [6, 6.07) is 7.87. The summed E-state index contributed by atoms with van der Waals surface area (Å²) in [5, 5.41) is 0. The Bertz CT molecular complexity index is 672. The van der Waals surface area contributed by atoms with Crippen LogP contribution >= 0.6 is 0 Å². The van der Waals surface area contributed by atoms with E-state index in [0.717, 1.165) is 37.1 Å². The van der Waals surface area contributed by atoms with E-state index in [1.807, 2.05) is 30.6 Å². The van der Waals surface area contributed by atoms with Crippen LogP contribution in [0.1, 0.15) is 42.1 Å². The predicted octanol–water partition coefficient (Wildman–Crippen LogP) is 3.47. The maximum absolute atomic E-state index is 11.7. The van der Waals surface area contributed by atoms with Crippen LogP contribution in [-0.4, -0.2) is 35.8 Å². The number of rotatable bonds is 4. The minimum atomic E-state index is -0.328. The number of nitrogens with zero attached hydrogens (tertiary/aromatic N) is 2. The fraction of sp³-hybridized carbons (Fsp3) is 0.444. The zero-order valence-corrected chi connectivity index (χ0v) is 13.6. The van der Waals surface area contributed by atoms with E-state index in [4.69, 9.17) is 9.47 Å². The highest BCUT2D eigenvalue weighted by molar-refractivity contribution is 5.90. The number of hydrogen-bond acceptors (Lipinski definition) is 4. The number of hydrogen-bond donors (Lipinski definition) is 0. The first-order chi connectivity index (χ1) is 11.2. The van der Waals surface area contributed by atoms with Gasteiger partial charge in [0.2, 0.25) is 0 Å². The molecule has 0 radical (unpaired) electrons. The number of carbonyl (C=O) groups excluding carboxylic acids is 1. The zero-order chi connectivity index (χ0) is 16.2. The van der Waals surface area contributed by atoms with Crippen LogP contribution in [0.2, 0.25) is 0 Å². The van der Waals surface area contributed by atoms with Crippen LogP contribution in [0.5, 0.6) is 0 Å². The van der Waals surface area contributed by atoms with Crippen LogP contribution in [0.15, 0.2) is 36.7 Å². The first-order valence-electron chi connectivity index (χ1n) is 7.97. The van der Waals surface area contributed by atoms with Crippen molar-refractivity contribution in [2.45, 2.75) is 37.8 Å². The first-order valence-corrected chi connectivity index (χ1v) is 7.97. The van der Waals surface area contributed by atoms with E-state index in [1.54, 1.807) is 13.2 Å². The van der Waals surface area contributed by atoms with Gasteiger partial charge in [0.15, 0.2) is 0 Å². The molecule has 0 unspecified atom stereocenters. The van der Waals surface area contributed by atoms with Crippen LogP contribution in [-0.2, 0) is 9.47 Å². The van der Waals surface area contributed by atoms with E-state index >= 15 is 0 Å². The highest BCUT2D eigenvalue weighted by atomic mass is 16.5. The van der Waals surface area contributed by atoms with Crippen molar-refractivity contribution >= 4 is 5.97 Å². The molecule has 1 aromatic carbocycles. The fourth-order valence-corrected chi connectivity index (χ4v) is 3.29. The van der Waals surface area contributed by atoms with Gasteiger partial charge in [-0.05, 0) is 37.8 Å². The van der Waals surface area contributed by atoms with Crippen molar-refractivity contribution in [2.75, 3.05) is 14.2 Å². The van der Waals surface area contributed by atoms with Gasteiger partial charge in [0.1, 0.15) is 5.82 Å². The lowest BCUT2D eigenvalue weighted by molar-refractivity contribution is 0.0585. The predicted molar refractivity (Wildman–Crippen MR) is 87.3 cm³/mol. The van der Waals surface area contributed by atoms with E-state index in [0.29, 0.717) is 17.7 Å². The van der Waals surface area contributed by atoms with Crippen LogP contribution in [0.4, 0.5) is 0 Å². The van der Waals surface area contributed by atoms with Crippen molar-refractivity contribution in [1.29, 1.82) is 0 Å². The number of benzene rings is 1. The second-order valence-electron chi connectivity index (χ2n) is 5.90. The number of imidazole rings is 1. The molecule has 2 aromatic rings. The molecule has 23 heavy (non-hydrogen) atoms. The highest BCUT2D eigenvalue weighted by Crippen LogP contribution is 2.33. The van der Waals surface area contributed by atoms with E-state index in [-0.39, 0.29) is 5.97 Å². The maximum atomic E-state index is 11.7. The molecule has 1 aromatic heterocycles. The molecule has 0 aliphatic heterocycles. The van der Waals surface area contributed by atoms with Gasteiger partial charge in [0.05, 0.1) is 18.8 Å². The molecule has 1 aliphatic carbocycles. The van der Waals surface area contributed by atoms with Crippen molar-refractivity contribution in [3.63, 3.8) is 0 Å². The molecule has 5 nitrogen and oxygen atoms in total. The Morgan fingerprint density at radius 3 is 2.70 bits per heavy atom. The van der Waals surface area contributed by atoms with E-state index in [1.165, 1.54) is 7.11 Å². The molecule has 0 amide bonds. The Morgan fingerprint density at radius 2 is 2.00 bits per heavy atom. The molecular weight excluding hydrogens is 292 g/mol. The lowest BCUT2D eigenvalue weighted by atomic mass is 9.92. The van der Waals surface area contributed by atoms with Gasteiger partial charge in [-0.15, -0.1) is 0 Å². The molecule has 0 atom stereocenters.